The van der Waals surface area contributed by atoms with Crippen LogP contribution in [0.1, 0.15) is 80.1 Å². The number of carbonyl (C=O) groups excluding carboxylic acids is 2. The fourth-order valence-corrected chi connectivity index (χ4v) is 10.3. The minimum atomic E-state index is -1.47. The van der Waals surface area contributed by atoms with Crippen LogP contribution in [0.25, 0.3) is 0 Å². The van der Waals surface area contributed by atoms with Gasteiger partial charge in [0, 0.05) is 19.3 Å². The number of epoxide rings is 1. The molecule has 8 heteroatoms. The quantitative estimate of drug-likeness (QED) is 0.374. The highest BCUT2D eigenvalue weighted by Gasteiger charge is 2.74. The Kier molecular flexibility index (Phi) is 5.75. The van der Waals surface area contributed by atoms with Crippen LogP contribution in [0.4, 0.5) is 0 Å². The molecule has 0 amide bonds. The summed E-state index contributed by atoms with van der Waals surface area (Å²) in [5, 5.41) is 33.7. The third kappa shape index (κ3) is 3.21. The topological polar surface area (TPSA) is 126 Å². The molecule has 0 radical (unpaired) electrons. The first-order chi connectivity index (χ1) is 17.6. The van der Waals surface area contributed by atoms with Crippen LogP contribution >= 0.6 is 0 Å². The number of hydrogen-bond donors (Lipinski definition) is 3. The fraction of sp³-hybridized carbons (Fsp3) is 0.867. The first kappa shape index (κ1) is 26.9. The molecule has 6 rings (SSSR count). The Bertz CT molecular complexity index is 1070. The van der Waals surface area contributed by atoms with E-state index in [4.69, 9.17) is 14.2 Å². The second-order valence-electron chi connectivity index (χ2n) is 14.2. The van der Waals surface area contributed by atoms with Gasteiger partial charge < -0.3 is 29.5 Å². The van der Waals surface area contributed by atoms with Crippen molar-refractivity contribution in [3.63, 3.8) is 0 Å². The molecule has 3 saturated carbocycles. The van der Waals surface area contributed by atoms with Crippen LogP contribution in [0, 0.1) is 40.4 Å². The summed E-state index contributed by atoms with van der Waals surface area (Å²) in [4.78, 5) is 25.6. The first-order valence-corrected chi connectivity index (χ1v) is 14.4. The molecule has 8 nitrogen and oxygen atoms in total. The molecule has 2 aliphatic heterocycles. The molecule has 5 fully saturated rings. The van der Waals surface area contributed by atoms with Gasteiger partial charge in [0.1, 0.15) is 22.9 Å². The van der Waals surface area contributed by atoms with Crippen LogP contribution < -0.4 is 0 Å². The van der Waals surface area contributed by atoms with Gasteiger partial charge in [-0.2, -0.15) is 0 Å². The molecule has 38 heavy (non-hydrogen) atoms. The van der Waals surface area contributed by atoms with Crippen LogP contribution in [0.2, 0.25) is 0 Å². The Labute approximate surface area is 225 Å². The SMILES string of the molecule is CC(=O)OC1CC2C3CC(O)C4(O)CC=CC(=O)C4(C)C3CCC2(C)C1C(C)C1CC2(C)OC2(C)C(O)O1. The van der Waals surface area contributed by atoms with E-state index in [1.165, 1.54) is 6.92 Å². The van der Waals surface area contributed by atoms with Crippen LogP contribution in [0.5, 0.6) is 0 Å². The van der Waals surface area contributed by atoms with Gasteiger partial charge in [0.25, 0.3) is 0 Å². The number of rotatable bonds is 3. The average Bonchev–Trinajstić information content (AvgIpc) is 3.28. The molecule has 2 heterocycles. The standard InChI is InChI=1S/C30H44O8/c1-15(21-14-27(4)29(6,38-27)25(34)37-21)24-20(36-16(2)31)13-19-17-12-23(33)30(35)10-7-8-22(32)28(30,5)18(17)9-11-26(19,24)3/h7-8,15,17-21,23-25,33-35H,9-14H2,1-6H3. The lowest BCUT2D eigenvalue weighted by molar-refractivity contribution is -0.234. The summed E-state index contributed by atoms with van der Waals surface area (Å²) in [7, 11) is 0. The van der Waals surface area contributed by atoms with Crippen molar-refractivity contribution in [2.45, 2.75) is 121 Å². The van der Waals surface area contributed by atoms with E-state index < -0.39 is 34.6 Å². The van der Waals surface area contributed by atoms with Crippen molar-refractivity contribution in [3.05, 3.63) is 12.2 Å². The number of allylic oxidation sites excluding steroid dienone is 1. The lowest BCUT2D eigenvalue weighted by Crippen LogP contribution is -2.69. The van der Waals surface area contributed by atoms with E-state index in [0.717, 1.165) is 12.8 Å². The minimum Gasteiger partial charge on any atom is -0.462 e. The maximum Gasteiger partial charge on any atom is 0.302 e. The maximum atomic E-state index is 13.4. The molecule has 0 aromatic heterocycles. The summed E-state index contributed by atoms with van der Waals surface area (Å²) in [6.07, 6.45) is 4.26. The summed E-state index contributed by atoms with van der Waals surface area (Å²) in [5.41, 5.74) is -3.87. The Morgan fingerprint density at radius 1 is 1.16 bits per heavy atom. The van der Waals surface area contributed by atoms with Crippen LogP contribution in [0.3, 0.4) is 0 Å². The molecule has 0 bridgehead atoms. The Morgan fingerprint density at radius 3 is 2.53 bits per heavy atom. The molecule has 2 saturated heterocycles. The zero-order valence-electron chi connectivity index (χ0n) is 23.5. The van der Waals surface area contributed by atoms with Crippen molar-refractivity contribution in [2.75, 3.05) is 0 Å². The zero-order chi connectivity index (χ0) is 27.6. The van der Waals surface area contributed by atoms with Crippen molar-refractivity contribution in [1.82, 2.24) is 0 Å². The third-order valence-electron chi connectivity index (χ3n) is 12.7. The summed E-state index contributed by atoms with van der Waals surface area (Å²) < 4.78 is 18.1. The zero-order valence-corrected chi connectivity index (χ0v) is 23.5. The molecule has 14 unspecified atom stereocenters. The fourth-order valence-electron chi connectivity index (χ4n) is 10.3. The van der Waals surface area contributed by atoms with Gasteiger partial charge >= 0.3 is 5.97 Å². The van der Waals surface area contributed by atoms with Crippen molar-refractivity contribution in [2.24, 2.45) is 40.4 Å². The van der Waals surface area contributed by atoms with Crippen LogP contribution in [-0.2, 0) is 23.8 Å². The van der Waals surface area contributed by atoms with Gasteiger partial charge in [0.2, 0.25) is 0 Å². The van der Waals surface area contributed by atoms with Crippen molar-refractivity contribution >= 4 is 11.8 Å². The second kappa shape index (κ2) is 8.12. The first-order valence-electron chi connectivity index (χ1n) is 14.4. The van der Waals surface area contributed by atoms with E-state index in [9.17, 15) is 24.9 Å². The molecule has 4 aliphatic carbocycles. The van der Waals surface area contributed by atoms with Gasteiger partial charge in [-0.1, -0.05) is 19.9 Å². The number of ketones is 1. The van der Waals surface area contributed by atoms with E-state index in [1.807, 2.05) is 20.8 Å². The predicted molar refractivity (Wildman–Crippen MR) is 136 cm³/mol. The largest absolute Gasteiger partial charge is 0.462 e. The van der Waals surface area contributed by atoms with Gasteiger partial charge in [0.15, 0.2) is 12.1 Å². The Balaban J connectivity index is 1.34. The molecular weight excluding hydrogens is 488 g/mol. The molecule has 0 aromatic rings. The van der Waals surface area contributed by atoms with E-state index in [2.05, 4.69) is 13.8 Å². The van der Waals surface area contributed by atoms with Gasteiger partial charge in [0.05, 0.1) is 17.6 Å². The number of hydrogen-bond acceptors (Lipinski definition) is 8. The number of aliphatic hydroxyl groups is 3. The molecule has 3 N–H and O–H groups in total. The van der Waals surface area contributed by atoms with E-state index in [0.29, 0.717) is 19.3 Å². The van der Waals surface area contributed by atoms with Gasteiger partial charge in [-0.25, -0.2) is 0 Å². The molecule has 14 atom stereocenters. The molecule has 0 aromatic carbocycles. The molecular formula is C30H44O8. The van der Waals surface area contributed by atoms with Gasteiger partial charge in [-0.15, -0.1) is 0 Å². The maximum absolute atomic E-state index is 13.4. The van der Waals surface area contributed by atoms with E-state index >= 15 is 0 Å². The number of fused-ring (bicyclic) bond motifs is 6. The lowest BCUT2D eigenvalue weighted by Gasteiger charge is -2.63. The second-order valence-corrected chi connectivity index (χ2v) is 14.2. The monoisotopic (exact) mass is 532 g/mol. The molecule has 212 valence electrons. The summed E-state index contributed by atoms with van der Waals surface area (Å²) in [6, 6.07) is 0. The van der Waals surface area contributed by atoms with E-state index in [1.54, 1.807) is 12.2 Å². The highest BCUT2D eigenvalue weighted by Crippen LogP contribution is 2.69. The molecule has 6 aliphatic rings. The van der Waals surface area contributed by atoms with Crippen molar-refractivity contribution in [1.29, 1.82) is 0 Å². The van der Waals surface area contributed by atoms with Crippen LogP contribution in [-0.4, -0.2) is 68.5 Å². The van der Waals surface area contributed by atoms with E-state index in [-0.39, 0.29) is 65.4 Å². The number of esters is 1. The Hall–Kier alpha value is -1.32. The summed E-state index contributed by atoms with van der Waals surface area (Å²) in [6.45, 7) is 11.6. The number of ether oxygens (including phenoxy) is 3. The minimum absolute atomic E-state index is 0.0187. The number of aliphatic hydroxyl groups excluding tert-OH is 2. The predicted octanol–water partition coefficient (Wildman–Crippen LogP) is 2.91. The summed E-state index contributed by atoms with van der Waals surface area (Å²) in [5.74, 6) is -0.401. The number of carbonyl (C=O) groups is 2. The van der Waals surface area contributed by atoms with Crippen LogP contribution in [0.15, 0.2) is 12.2 Å². The molecule has 0 spiro atoms. The normalized spacial score (nSPS) is 57.8. The smallest absolute Gasteiger partial charge is 0.302 e. The van der Waals surface area contributed by atoms with Gasteiger partial charge in [-0.3, -0.25) is 9.59 Å². The highest BCUT2D eigenvalue weighted by atomic mass is 16.7. The van der Waals surface area contributed by atoms with Crippen molar-refractivity contribution in [3.8, 4) is 0 Å². The summed E-state index contributed by atoms with van der Waals surface area (Å²) >= 11 is 0. The van der Waals surface area contributed by atoms with Gasteiger partial charge in [-0.05, 0) is 88.0 Å². The highest BCUT2D eigenvalue weighted by molar-refractivity contribution is 5.97. The van der Waals surface area contributed by atoms with Crippen molar-refractivity contribution < 1.29 is 39.1 Å². The Morgan fingerprint density at radius 2 is 1.87 bits per heavy atom. The lowest BCUT2D eigenvalue weighted by atomic mass is 9.43. The average molecular weight is 533 g/mol. The third-order valence-corrected chi connectivity index (χ3v) is 12.7.